The molecule has 2 N–H and O–H groups in total. The van der Waals surface area contributed by atoms with E-state index in [9.17, 15) is 13.2 Å². The molecule has 0 aromatic heterocycles. The van der Waals surface area contributed by atoms with E-state index >= 15 is 0 Å². The molecule has 0 spiro atoms. The van der Waals surface area contributed by atoms with Crippen molar-refractivity contribution in [3.05, 3.63) is 29.3 Å². The van der Waals surface area contributed by atoms with Crippen LogP contribution in [0.3, 0.4) is 0 Å². The van der Waals surface area contributed by atoms with Crippen LogP contribution in [0.25, 0.3) is 0 Å². The molecule has 118 valence electrons. The molecule has 0 aliphatic carbocycles. The minimum atomic E-state index is -4.35. The van der Waals surface area contributed by atoms with Crippen LogP contribution in [0.5, 0.6) is 5.75 Å². The summed E-state index contributed by atoms with van der Waals surface area (Å²) < 4.78 is 44.1. The second kappa shape index (κ2) is 7.13. The topological polar surface area (TPSA) is 33.3 Å². The Morgan fingerprint density at radius 3 is 2.62 bits per heavy atom. The number of hydrogen-bond acceptors (Lipinski definition) is 3. The van der Waals surface area contributed by atoms with Crippen molar-refractivity contribution >= 4 is 0 Å². The molecule has 1 aliphatic heterocycles. The maximum Gasteiger partial charge on any atom is 0.416 e. The summed E-state index contributed by atoms with van der Waals surface area (Å²) in [6, 6.07) is 4.56. The lowest BCUT2D eigenvalue weighted by atomic mass is 10.0. The summed E-state index contributed by atoms with van der Waals surface area (Å²) in [6.07, 6.45) is -1.94. The Labute approximate surface area is 122 Å². The maximum absolute atomic E-state index is 13.1. The standard InChI is InChI=1S/C15H21F3N2O/c1-21-13-3-2-11(14(10-13)15(16,17)18)4-9-20-12-5-7-19-8-6-12/h2-3,10,12,19-20H,4-9H2,1H3. The van der Waals surface area contributed by atoms with Crippen molar-refractivity contribution in [3.63, 3.8) is 0 Å². The predicted molar refractivity (Wildman–Crippen MR) is 75.6 cm³/mol. The first-order valence-electron chi connectivity index (χ1n) is 7.19. The lowest BCUT2D eigenvalue weighted by Crippen LogP contribution is -2.40. The second-order valence-corrected chi connectivity index (χ2v) is 5.25. The number of piperidine rings is 1. The lowest BCUT2D eigenvalue weighted by Gasteiger charge is -2.24. The molecule has 1 aromatic rings. The SMILES string of the molecule is COc1ccc(CCNC2CCNCC2)c(C(F)(F)F)c1. The average Bonchev–Trinajstić information content (AvgIpc) is 2.47. The molecule has 1 aromatic carbocycles. The van der Waals surface area contributed by atoms with Crippen LogP contribution in [0.1, 0.15) is 24.0 Å². The van der Waals surface area contributed by atoms with E-state index in [0.717, 1.165) is 32.0 Å². The zero-order valence-electron chi connectivity index (χ0n) is 12.1. The first-order chi connectivity index (χ1) is 10.0. The third kappa shape index (κ3) is 4.61. The van der Waals surface area contributed by atoms with Gasteiger partial charge in [0.05, 0.1) is 12.7 Å². The quantitative estimate of drug-likeness (QED) is 0.877. The van der Waals surface area contributed by atoms with Gasteiger partial charge in [-0.3, -0.25) is 0 Å². The van der Waals surface area contributed by atoms with Crippen molar-refractivity contribution in [1.82, 2.24) is 10.6 Å². The van der Waals surface area contributed by atoms with E-state index in [1.54, 1.807) is 6.07 Å². The summed E-state index contributed by atoms with van der Waals surface area (Å²) in [4.78, 5) is 0. The van der Waals surface area contributed by atoms with Crippen LogP contribution >= 0.6 is 0 Å². The number of rotatable bonds is 5. The van der Waals surface area contributed by atoms with E-state index in [1.807, 2.05) is 0 Å². The van der Waals surface area contributed by atoms with Crippen molar-refractivity contribution in [2.24, 2.45) is 0 Å². The van der Waals surface area contributed by atoms with Gasteiger partial charge < -0.3 is 15.4 Å². The summed E-state index contributed by atoms with van der Waals surface area (Å²) in [7, 11) is 1.37. The molecular weight excluding hydrogens is 281 g/mol. The van der Waals surface area contributed by atoms with Gasteiger partial charge in [0.1, 0.15) is 5.75 Å². The van der Waals surface area contributed by atoms with Crippen LogP contribution in [0.2, 0.25) is 0 Å². The molecule has 0 bridgehead atoms. The van der Waals surface area contributed by atoms with E-state index in [4.69, 9.17) is 4.74 Å². The molecule has 1 heterocycles. The van der Waals surface area contributed by atoms with Gasteiger partial charge in [-0.2, -0.15) is 13.2 Å². The van der Waals surface area contributed by atoms with Gasteiger partial charge in [-0.15, -0.1) is 0 Å². The Kier molecular flexibility index (Phi) is 5.47. The van der Waals surface area contributed by atoms with E-state index in [0.29, 0.717) is 24.6 Å². The molecule has 0 atom stereocenters. The van der Waals surface area contributed by atoms with Crippen LogP contribution in [0.15, 0.2) is 18.2 Å². The molecule has 6 heteroatoms. The van der Waals surface area contributed by atoms with Crippen LogP contribution in [-0.2, 0) is 12.6 Å². The van der Waals surface area contributed by atoms with Gasteiger partial charge in [-0.1, -0.05) is 6.07 Å². The van der Waals surface area contributed by atoms with E-state index < -0.39 is 11.7 Å². The van der Waals surface area contributed by atoms with Crippen LogP contribution < -0.4 is 15.4 Å². The van der Waals surface area contributed by atoms with Crippen LogP contribution in [0, 0.1) is 0 Å². The van der Waals surface area contributed by atoms with Gasteiger partial charge in [0.15, 0.2) is 0 Å². The summed E-state index contributed by atoms with van der Waals surface area (Å²) in [6.45, 7) is 2.49. The zero-order valence-corrected chi connectivity index (χ0v) is 12.1. The monoisotopic (exact) mass is 302 g/mol. The predicted octanol–water partition coefficient (Wildman–Crippen LogP) is 2.60. The highest BCUT2D eigenvalue weighted by atomic mass is 19.4. The smallest absolute Gasteiger partial charge is 0.416 e. The first-order valence-corrected chi connectivity index (χ1v) is 7.19. The Hall–Kier alpha value is -1.27. The number of benzene rings is 1. The normalized spacial score (nSPS) is 17.0. The summed E-state index contributed by atoms with van der Waals surface area (Å²) in [5.41, 5.74) is -0.293. The third-order valence-electron chi connectivity index (χ3n) is 3.79. The van der Waals surface area contributed by atoms with Gasteiger partial charge in [0.2, 0.25) is 0 Å². The highest BCUT2D eigenvalue weighted by Gasteiger charge is 2.33. The van der Waals surface area contributed by atoms with Crippen molar-refractivity contribution in [2.75, 3.05) is 26.7 Å². The van der Waals surface area contributed by atoms with Gasteiger partial charge in [-0.05, 0) is 56.6 Å². The largest absolute Gasteiger partial charge is 0.497 e. The molecule has 0 unspecified atom stereocenters. The van der Waals surface area contributed by atoms with Gasteiger partial charge in [0, 0.05) is 6.04 Å². The Bertz CT molecular complexity index is 457. The summed E-state index contributed by atoms with van der Waals surface area (Å²) >= 11 is 0. The molecular formula is C15H21F3N2O. The number of ether oxygens (including phenoxy) is 1. The van der Waals surface area contributed by atoms with Gasteiger partial charge in [0.25, 0.3) is 0 Å². The highest BCUT2D eigenvalue weighted by Crippen LogP contribution is 2.34. The van der Waals surface area contributed by atoms with E-state index in [1.165, 1.54) is 13.2 Å². The third-order valence-corrected chi connectivity index (χ3v) is 3.79. The van der Waals surface area contributed by atoms with E-state index in [2.05, 4.69) is 10.6 Å². The van der Waals surface area contributed by atoms with Crippen molar-refractivity contribution in [3.8, 4) is 5.75 Å². The van der Waals surface area contributed by atoms with Crippen LogP contribution in [-0.4, -0.2) is 32.8 Å². The van der Waals surface area contributed by atoms with E-state index in [-0.39, 0.29) is 5.75 Å². The van der Waals surface area contributed by atoms with Crippen LogP contribution in [0.4, 0.5) is 13.2 Å². The molecule has 0 amide bonds. The Balaban J connectivity index is 1.98. The maximum atomic E-state index is 13.1. The molecule has 0 radical (unpaired) electrons. The molecule has 1 fully saturated rings. The minimum Gasteiger partial charge on any atom is -0.497 e. The minimum absolute atomic E-state index is 0.234. The highest BCUT2D eigenvalue weighted by molar-refractivity contribution is 5.37. The number of halogens is 3. The summed E-state index contributed by atoms with van der Waals surface area (Å²) in [5.74, 6) is 0.234. The lowest BCUT2D eigenvalue weighted by molar-refractivity contribution is -0.138. The number of alkyl halides is 3. The molecule has 1 aliphatic rings. The fourth-order valence-corrected chi connectivity index (χ4v) is 2.60. The number of nitrogens with one attached hydrogen (secondary N) is 2. The zero-order chi connectivity index (χ0) is 15.3. The molecule has 1 saturated heterocycles. The van der Waals surface area contributed by atoms with Gasteiger partial charge >= 0.3 is 6.18 Å². The molecule has 3 nitrogen and oxygen atoms in total. The molecule has 21 heavy (non-hydrogen) atoms. The summed E-state index contributed by atoms with van der Waals surface area (Å²) in [5, 5.41) is 6.60. The van der Waals surface area contributed by atoms with Crippen molar-refractivity contribution in [2.45, 2.75) is 31.5 Å². The fraction of sp³-hybridized carbons (Fsp3) is 0.600. The van der Waals surface area contributed by atoms with Gasteiger partial charge in [-0.25, -0.2) is 0 Å². The second-order valence-electron chi connectivity index (χ2n) is 5.25. The average molecular weight is 302 g/mol. The number of hydrogen-bond donors (Lipinski definition) is 2. The Morgan fingerprint density at radius 2 is 2.00 bits per heavy atom. The van der Waals surface area contributed by atoms with Crippen molar-refractivity contribution in [1.29, 1.82) is 0 Å². The molecule has 0 saturated carbocycles. The van der Waals surface area contributed by atoms with Crippen molar-refractivity contribution < 1.29 is 17.9 Å². The first kappa shape index (κ1) is 16.1. The molecule has 2 rings (SSSR count). The fourth-order valence-electron chi connectivity index (χ4n) is 2.60. The Morgan fingerprint density at radius 1 is 1.29 bits per heavy atom. The number of methoxy groups -OCH3 is 1.